The molecule has 0 atom stereocenters. The summed E-state index contributed by atoms with van der Waals surface area (Å²) in [5.41, 5.74) is -0.397. The van der Waals surface area contributed by atoms with Crippen LogP contribution < -0.4 is 14.0 Å². The van der Waals surface area contributed by atoms with Crippen LogP contribution in [-0.2, 0) is 41.3 Å². The highest BCUT2D eigenvalue weighted by Crippen LogP contribution is 2.58. The summed E-state index contributed by atoms with van der Waals surface area (Å²) in [5.74, 6) is -3.90. The fourth-order valence-electron chi connectivity index (χ4n) is 5.52. The monoisotopic (exact) mass is 748 g/mol. The molecule has 2 bridgehead atoms. The molecule has 0 amide bonds. The van der Waals surface area contributed by atoms with E-state index in [1.54, 1.807) is 47.6 Å². The first-order valence-electron chi connectivity index (χ1n) is 14.2. The number of phosphoric acid groups is 1. The van der Waals surface area contributed by atoms with Gasteiger partial charge in [0.1, 0.15) is 17.2 Å². The average molecular weight is 750 g/mol. The van der Waals surface area contributed by atoms with Gasteiger partial charge in [-0.1, -0.05) is 81.0 Å². The lowest BCUT2D eigenvalue weighted by molar-refractivity contribution is -0.280. The molecule has 3 aromatic rings. The molecule has 0 aromatic heterocycles. The van der Waals surface area contributed by atoms with Crippen LogP contribution in [-0.4, -0.2) is 34.9 Å². The van der Waals surface area contributed by atoms with Gasteiger partial charge in [-0.25, -0.2) is 14.2 Å². The van der Waals surface area contributed by atoms with Gasteiger partial charge in [0.25, 0.3) is 5.79 Å². The van der Waals surface area contributed by atoms with Crippen molar-refractivity contribution in [3.63, 3.8) is 0 Å². The summed E-state index contributed by atoms with van der Waals surface area (Å²) >= 11 is 24.4. The van der Waals surface area contributed by atoms with E-state index in [1.807, 2.05) is 0 Å². The zero-order chi connectivity index (χ0) is 35.1. The molecule has 0 saturated carbocycles. The zero-order valence-corrected chi connectivity index (χ0v) is 30.2. The van der Waals surface area contributed by atoms with E-state index in [9.17, 15) is 23.9 Å². The van der Waals surface area contributed by atoms with Crippen LogP contribution in [0.1, 0.15) is 56.9 Å². The predicted molar refractivity (Wildman–Crippen MR) is 178 cm³/mol. The summed E-state index contributed by atoms with van der Waals surface area (Å²) in [6, 6.07) is 10.5. The molecule has 15 heteroatoms. The molecule has 1 aliphatic rings. The number of fused-ring (bicyclic) bond motifs is 2. The Morgan fingerprint density at radius 1 is 0.830 bits per heavy atom. The summed E-state index contributed by atoms with van der Waals surface area (Å²) in [6.07, 6.45) is 0.141. The van der Waals surface area contributed by atoms with Gasteiger partial charge in [0.05, 0.1) is 15.5 Å². The molecule has 254 valence electrons. The third-order valence-corrected chi connectivity index (χ3v) is 8.97. The van der Waals surface area contributed by atoms with Gasteiger partial charge in [0.2, 0.25) is 0 Å². The van der Waals surface area contributed by atoms with Crippen LogP contribution in [0.5, 0.6) is 17.2 Å². The van der Waals surface area contributed by atoms with E-state index in [1.165, 1.54) is 36.4 Å². The number of benzene rings is 3. The van der Waals surface area contributed by atoms with Crippen molar-refractivity contribution in [2.45, 2.75) is 59.2 Å². The lowest BCUT2D eigenvalue weighted by Crippen LogP contribution is -2.55. The minimum Gasteiger partial charge on any atom is -0.480 e. The first-order chi connectivity index (χ1) is 21.6. The predicted octanol–water partition coefficient (Wildman–Crippen LogP) is 8.36. The molecule has 0 aliphatic heterocycles. The summed E-state index contributed by atoms with van der Waals surface area (Å²) in [6.45, 7) is 9.23. The van der Waals surface area contributed by atoms with Crippen LogP contribution in [0, 0.1) is 12.3 Å². The SMILES string of the molecule is Cc1c2cc(OP(=O)(O)O)c(C(C)(C)C)c1C(OC(=O)COc1ccc(Cl)cc1Cl)(OC(=O)COc1ccc(Cl)cc1Cl)C(C)(C)C2. The number of rotatable bonds is 10. The van der Waals surface area contributed by atoms with Crippen molar-refractivity contribution in [2.75, 3.05) is 13.2 Å². The first-order valence-corrected chi connectivity index (χ1v) is 17.2. The van der Waals surface area contributed by atoms with Crippen molar-refractivity contribution >= 4 is 66.2 Å². The lowest BCUT2D eigenvalue weighted by atomic mass is 9.64. The van der Waals surface area contributed by atoms with E-state index >= 15 is 0 Å². The Kier molecular flexibility index (Phi) is 10.8. The number of ether oxygens (including phenoxy) is 4. The van der Waals surface area contributed by atoms with E-state index in [0.717, 1.165) is 0 Å². The highest BCUT2D eigenvalue weighted by Gasteiger charge is 2.60. The molecule has 0 radical (unpaired) electrons. The molecule has 0 spiro atoms. The second-order valence-corrected chi connectivity index (χ2v) is 15.4. The first kappa shape index (κ1) is 37.1. The number of carbonyl (C=O) groups excluding carboxylic acids is 2. The Morgan fingerprint density at radius 2 is 1.30 bits per heavy atom. The second kappa shape index (κ2) is 13.7. The highest BCUT2D eigenvalue weighted by atomic mass is 35.5. The standard InChI is InChI=1S/C32H33Cl4O10P/c1-17-18-11-25(46-47(39,40)41)29(30(2,3)4)28(17)32(31(5,6)14-18,44-26(37)15-42-23-9-7-19(33)12-21(23)35)45-27(38)16-43-24-10-8-20(34)13-22(24)36/h7-13H,14-16H2,1-6H3,(H2,39,40,41). The lowest BCUT2D eigenvalue weighted by Gasteiger charge is -2.50. The van der Waals surface area contributed by atoms with Crippen molar-refractivity contribution < 1.29 is 47.4 Å². The van der Waals surface area contributed by atoms with E-state index in [4.69, 9.17) is 69.9 Å². The molecule has 2 N–H and O–H groups in total. The van der Waals surface area contributed by atoms with Crippen LogP contribution >= 0.6 is 54.2 Å². The van der Waals surface area contributed by atoms with Gasteiger partial charge >= 0.3 is 19.8 Å². The summed E-state index contributed by atoms with van der Waals surface area (Å²) in [4.78, 5) is 46.9. The topological polar surface area (TPSA) is 138 Å². The van der Waals surface area contributed by atoms with Crippen LogP contribution in [0.4, 0.5) is 0 Å². The second-order valence-electron chi connectivity index (χ2n) is 12.6. The van der Waals surface area contributed by atoms with Gasteiger partial charge in [0.15, 0.2) is 13.2 Å². The Labute approximate surface area is 292 Å². The Hall–Kier alpha value is -2.69. The van der Waals surface area contributed by atoms with Gasteiger partial charge < -0.3 is 23.5 Å². The molecule has 47 heavy (non-hydrogen) atoms. The van der Waals surface area contributed by atoms with Crippen LogP contribution in [0.3, 0.4) is 0 Å². The van der Waals surface area contributed by atoms with Gasteiger partial charge in [-0.05, 0) is 72.4 Å². The van der Waals surface area contributed by atoms with E-state index in [0.29, 0.717) is 21.2 Å². The maximum Gasteiger partial charge on any atom is 0.524 e. The molecule has 0 saturated heterocycles. The molecular formula is C32H33Cl4O10P. The van der Waals surface area contributed by atoms with E-state index < -0.39 is 49.6 Å². The van der Waals surface area contributed by atoms with Crippen LogP contribution in [0.2, 0.25) is 20.1 Å². The largest absolute Gasteiger partial charge is 0.524 e. The number of halogens is 4. The fraction of sp³-hybridized carbons (Fsp3) is 0.375. The van der Waals surface area contributed by atoms with Crippen LogP contribution in [0.25, 0.3) is 0 Å². The Morgan fingerprint density at radius 3 is 1.70 bits per heavy atom. The normalized spacial score (nSPS) is 15.1. The number of esters is 2. The van der Waals surface area contributed by atoms with Crippen molar-refractivity contribution in [2.24, 2.45) is 5.41 Å². The van der Waals surface area contributed by atoms with Gasteiger partial charge in [-0.15, -0.1) is 0 Å². The summed E-state index contributed by atoms with van der Waals surface area (Å²) in [5, 5.41) is 1.03. The molecule has 10 nitrogen and oxygen atoms in total. The molecule has 4 rings (SSSR count). The van der Waals surface area contributed by atoms with Crippen molar-refractivity contribution in [1.29, 1.82) is 0 Å². The third-order valence-electron chi connectivity index (χ3n) is 7.47. The Bertz CT molecular complexity index is 1690. The Balaban J connectivity index is 1.84. The molecule has 0 unspecified atom stereocenters. The maximum atomic E-state index is 13.6. The molecule has 1 aliphatic carbocycles. The van der Waals surface area contributed by atoms with Crippen LogP contribution in [0.15, 0.2) is 42.5 Å². The molecule has 0 fully saturated rings. The fourth-order valence-corrected chi connectivity index (χ4v) is 6.84. The van der Waals surface area contributed by atoms with Gasteiger partial charge in [-0.3, -0.25) is 9.79 Å². The maximum absolute atomic E-state index is 13.6. The minimum absolute atomic E-state index is 0.141. The molecule has 0 heterocycles. The number of phosphoric ester groups is 1. The van der Waals surface area contributed by atoms with Crippen molar-refractivity contribution in [3.8, 4) is 17.2 Å². The summed E-state index contributed by atoms with van der Waals surface area (Å²) in [7, 11) is -5.06. The van der Waals surface area contributed by atoms with E-state index in [-0.39, 0.29) is 44.8 Å². The van der Waals surface area contributed by atoms with Gasteiger partial charge in [0, 0.05) is 21.2 Å². The quantitative estimate of drug-likeness (QED) is 0.118. The van der Waals surface area contributed by atoms with Crippen molar-refractivity contribution in [3.05, 3.63) is 84.8 Å². The average Bonchev–Trinajstić information content (AvgIpc) is 2.90. The minimum atomic E-state index is -5.06. The third kappa shape index (κ3) is 8.31. The number of hydrogen-bond acceptors (Lipinski definition) is 8. The van der Waals surface area contributed by atoms with Gasteiger partial charge in [-0.2, -0.15) is 0 Å². The van der Waals surface area contributed by atoms with Crippen molar-refractivity contribution in [1.82, 2.24) is 0 Å². The number of hydrogen-bond donors (Lipinski definition) is 2. The van der Waals surface area contributed by atoms with E-state index in [2.05, 4.69) is 0 Å². The zero-order valence-electron chi connectivity index (χ0n) is 26.3. The molecular weight excluding hydrogens is 717 g/mol. The molecule has 3 aromatic carbocycles. The number of carbonyl (C=O) groups is 2. The highest BCUT2D eigenvalue weighted by molar-refractivity contribution is 7.46. The smallest absolute Gasteiger partial charge is 0.480 e. The summed E-state index contributed by atoms with van der Waals surface area (Å²) < 4.78 is 40.9.